The van der Waals surface area contributed by atoms with Gasteiger partial charge < -0.3 is 14.2 Å². The molecule has 0 aromatic heterocycles. The summed E-state index contributed by atoms with van der Waals surface area (Å²) in [7, 11) is -1.30. The minimum atomic E-state index is -4.19. The molecule has 5 aromatic rings. The van der Waals surface area contributed by atoms with E-state index in [2.05, 4.69) is 28.7 Å². The fraction of sp³-hybridized carbons (Fsp3) is 0.167. The second-order valence-electron chi connectivity index (χ2n) is 10.7. The number of aryl methyl sites for hydroxylation is 2. The third-order valence-electron chi connectivity index (χ3n) is 7.28. The van der Waals surface area contributed by atoms with E-state index >= 15 is 0 Å². The first-order chi connectivity index (χ1) is 22.2. The summed E-state index contributed by atoms with van der Waals surface area (Å²) in [4.78, 5) is 13.0. The third-order valence-corrected chi connectivity index (χ3v) is 9.05. The van der Waals surface area contributed by atoms with Crippen molar-refractivity contribution in [2.45, 2.75) is 25.3 Å². The van der Waals surface area contributed by atoms with Crippen molar-refractivity contribution in [3.8, 4) is 17.2 Å². The largest absolute Gasteiger partial charge is 0.493 e. The molecular formula is C36H35N3O6S. The predicted molar refractivity (Wildman–Crippen MR) is 180 cm³/mol. The van der Waals surface area contributed by atoms with Crippen LogP contribution in [0.4, 0.5) is 5.69 Å². The van der Waals surface area contributed by atoms with Crippen molar-refractivity contribution in [3.63, 3.8) is 0 Å². The second-order valence-corrected chi connectivity index (χ2v) is 12.5. The van der Waals surface area contributed by atoms with Crippen molar-refractivity contribution in [2.24, 2.45) is 5.10 Å². The lowest BCUT2D eigenvalue weighted by Crippen LogP contribution is -2.39. The Balaban J connectivity index is 1.27. The summed E-state index contributed by atoms with van der Waals surface area (Å²) in [5.74, 6) is 0.715. The Morgan fingerprint density at radius 2 is 1.52 bits per heavy atom. The molecule has 0 saturated heterocycles. The number of hydrazone groups is 1. The van der Waals surface area contributed by atoms with Gasteiger partial charge in [0.2, 0.25) is 0 Å². The lowest BCUT2D eigenvalue weighted by atomic mass is 10.1. The molecule has 5 rings (SSSR count). The lowest BCUT2D eigenvalue weighted by molar-refractivity contribution is -0.119. The summed E-state index contributed by atoms with van der Waals surface area (Å²) in [6.45, 7) is 3.65. The number of nitrogens with one attached hydrogen (secondary N) is 1. The number of ether oxygens (including phenoxy) is 3. The van der Waals surface area contributed by atoms with Crippen molar-refractivity contribution in [1.29, 1.82) is 0 Å². The first-order valence-corrected chi connectivity index (χ1v) is 16.0. The number of hydrogen-bond donors (Lipinski definition) is 1. The van der Waals surface area contributed by atoms with Gasteiger partial charge in [0.25, 0.3) is 15.9 Å². The molecule has 1 amide bonds. The van der Waals surface area contributed by atoms with Crippen molar-refractivity contribution in [3.05, 3.63) is 125 Å². The molecule has 9 nitrogen and oxygen atoms in total. The zero-order valence-electron chi connectivity index (χ0n) is 26.1. The Labute approximate surface area is 269 Å². The van der Waals surface area contributed by atoms with Gasteiger partial charge in [-0.25, -0.2) is 13.8 Å². The number of nitrogens with zero attached hydrogens (tertiary/aromatic N) is 2. The first-order valence-electron chi connectivity index (χ1n) is 14.5. The van der Waals surface area contributed by atoms with E-state index < -0.39 is 22.5 Å². The highest BCUT2D eigenvalue weighted by Gasteiger charge is 2.28. The smallest absolute Gasteiger partial charge is 0.264 e. The maximum absolute atomic E-state index is 13.9. The molecule has 236 valence electrons. The number of methoxy groups -OCH3 is 2. The summed E-state index contributed by atoms with van der Waals surface area (Å²) in [6, 6.07) is 31.2. The van der Waals surface area contributed by atoms with Gasteiger partial charge in [0, 0.05) is 6.07 Å². The average molecular weight is 638 g/mol. The van der Waals surface area contributed by atoms with Gasteiger partial charge in [-0.15, -0.1) is 0 Å². The van der Waals surface area contributed by atoms with Crippen LogP contribution < -0.4 is 23.9 Å². The van der Waals surface area contributed by atoms with E-state index in [4.69, 9.17) is 14.2 Å². The molecule has 0 spiro atoms. The van der Waals surface area contributed by atoms with Crippen molar-refractivity contribution in [1.82, 2.24) is 5.43 Å². The average Bonchev–Trinajstić information content (AvgIpc) is 3.06. The fourth-order valence-electron chi connectivity index (χ4n) is 5.09. The van der Waals surface area contributed by atoms with Gasteiger partial charge in [-0.05, 0) is 95.4 Å². The second kappa shape index (κ2) is 14.2. The quantitative estimate of drug-likeness (QED) is 0.125. The number of fused-ring (bicyclic) bond motifs is 1. The number of amides is 1. The van der Waals surface area contributed by atoms with Gasteiger partial charge in [0.05, 0.1) is 31.0 Å². The summed E-state index contributed by atoms with van der Waals surface area (Å²) >= 11 is 0. The van der Waals surface area contributed by atoms with E-state index in [-0.39, 0.29) is 10.6 Å². The van der Waals surface area contributed by atoms with E-state index in [9.17, 15) is 13.2 Å². The van der Waals surface area contributed by atoms with E-state index in [0.717, 1.165) is 37.3 Å². The zero-order valence-corrected chi connectivity index (χ0v) is 26.9. The van der Waals surface area contributed by atoms with E-state index in [0.29, 0.717) is 23.8 Å². The van der Waals surface area contributed by atoms with Crippen LogP contribution in [-0.2, 0) is 21.4 Å². The van der Waals surface area contributed by atoms with Crippen LogP contribution in [0.15, 0.2) is 113 Å². The van der Waals surface area contributed by atoms with Gasteiger partial charge in [-0.2, -0.15) is 5.10 Å². The van der Waals surface area contributed by atoms with Crippen LogP contribution >= 0.6 is 0 Å². The van der Waals surface area contributed by atoms with E-state index in [1.807, 2.05) is 68.4 Å². The molecule has 0 radical (unpaired) electrons. The monoisotopic (exact) mass is 637 g/mol. The van der Waals surface area contributed by atoms with Crippen molar-refractivity contribution in [2.75, 3.05) is 25.1 Å². The maximum atomic E-state index is 13.9. The summed E-state index contributed by atoms with van der Waals surface area (Å²) in [6.07, 6.45) is 1.48. The van der Waals surface area contributed by atoms with E-state index in [1.165, 1.54) is 38.6 Å². The molecule has 46 heavy (non-hydrogen) atoms. The number of benzene rings is 5. The summed E-state index contributed by atoms with van der Waals surface area (Å²) < 4.78 is 45.4. The zero-order chi connectivity index (χ0) is 32.7. The Morgan fingerprint density at radius 1 is 0.826 bits per heavy atom. The maximum Gasteiger partial charge on any atom is 0.264 e. The number of carbonyl (C=O) groups is 1. The highest BCUT2D eigenvalue weighted by molar-refractivity contribution is 7.92. The Morgan fingerprint density at radius 3 is 2.24 bits per heavy atom. The number of rotatable bonds is 12. The molecule has 0 heterocycles. The van der Waals surface area contributed by atoms with Crippen molar-refractivity contribution < 1.29 is 27.4 Å². The number of anilines is 1. The molecule has 0 atom stereocenters. The molecule has 0 unspecified atom stereocenters. The SMILES string of the molecule is COc1ccc(S(=O)(=O)N(CC(=O)N/N=C\c2ccc(OCc3cccc4ccccc34)cc2)c2cc(C)cc(C)c2)cc1OC. The molecule has 0 aliphatic rings. The highest BCUT2D eigenvalue weighted by Crippen LogP contribution is 2.32. The third kappa shape index (κ3) is 7.47. The molecule has 1 N–H and O–H groups in total. The van der Waals surface area contributed by atoms with E-state index in [1.54, 1.807) is 12.1 Å². The molecule has 0 bridgehead atoms. The molecule has 0 saturated carbocycles. The van der Waals surface area contributed by atoms with Crippen LogP contribution in [0.5, 0.6) is 17.2 Å². The van der Waals surface area contributed by atoms with Gasteiger partial charge in [0.15, 0.2) is 11.5 Å². The minimum Gasteiger partial charge on any atom is -0.493 e. The lowest BCUT2D eigenvalue weighted by Gasteiger charge is -2.25. The standard InChI is InChI=1S/C36H35N3O6S/c1-25-18-26(2)20-30(19-25)39(46(41,42)32-16-17-34(43-3)35(21-32)44-4)23-36(40)38-37-22-27-12-14-31(15-13-27)45-24-29-10-7-9-28-8-5-6-11-33(28)29/h5-22H,23-24H2,1-4H3,(H,38,40)/b37-22-. The van der Waals surface area contributed by atoms with Gasteiger partial charge >= 0.3 is 0 Å². The van der Waals surface area contributed by atoms with Crippen LogP contribution in [0.2, 0.25) is 0 Å². The number of hydrogen-bond acceptors (Lipinski definition) is 7. The minimum absolute atomic E-state index is 0.0524. The van der Waals surface area contributed by atoms with Crippen LogP contribution in [0, 0.1) is 13.8 Å². The first kappa shape index (κ1) is 32.1. The molecule has 5 aromatic carbocycles. The number of carbonyl (C=O) groups excluding carboxylic acids is 1. The van der Waals surface area contributed by atoms with Crippen LogP contribution in [-0.4, -0.2) is 41.3 Å². The van der Waals surface area contributed by atoms with Crippen molar-refractivity contribution >= 4 is 38.6 Å². The Kier molecular flexibility index (Phi) is 9.88. The molecule has 10 heteroatoms. The normalized spacial score (nSPS) is 11.4. The highest BCUT2D eigenvalue weighted by atomic mass is 32.2. The fourth-order valence-corrected chi connectivity index (χ4v) is 6.51. The summed E-state index contributed by atoms with van der Waals surface area (Å²) in [5, 5.41) is 6.37. The molecular weight excluding hydrogens is 602 g/mol. The Bertz CT molecular complexity index is 1970. The molecule has 0 aliphatic heterocycles. The summed E-state index contributed by atoms with van der Waals surface area (Å²) in [5.41, 5.74) is 6.32. The topological polar surface area (TPSA) is 107 Å². The molecule has 0 fully saturated rings. The van der Waals surface area contributed by atoms with Gasteiger partial charge in [-0.3, -0.25) is 9.10 Å². The van der Waals surface area contributed by atoms with Gasteiger partial charge in [-0.1, -0.05) is 48.5 Å². The Hall–Kier alpha value is -5.35. The van der Waals surface area contributed by atoms with Crippen LogP contribution in [0.1, 0.15) is 22.3 Å². The number of sulfonamides is 1. The van der Waals surface area contributed by atoms with Gasteiger partial charge in [0.1, 0.15) is 18.9 Å². The van der Waals surface area contributed by atoms with Crippen LogP contribution in [0.25, 0.3) is 10.8 Å². The molecule has 0 aliphatic carbocycles. The predicted octanol–water partition coefficient (Wildman–Crippen LogP) is 6.40. The van der Waals surface area contributed by atoms with Crippen LogP contribution in [0.3, 0.4) is 0 Å².